The number of morpholine rings is 1. The lowest BCUT2D eigenvalue weighted by Gasteiger charge is -2.46. The number of carbonyl (C=O) groups is 1. The first-order valence-electron chi connectivity index (χ1n) is 6.66. The fourth-order valence-electron chi connectivity index (χ4n) is 2.94. The molecule has 1 saturated heterocycles. The van der Waals surface area contributed by atoms with Gasteiger partial charge >= 0.3 is 5.97 Å². The van der Waals surface area contributed by atoms with Crippen molar-refractivity contribution in [3.63, 3.8) is 0 Å². The third kappa shape index (κ3) is 2.99. The first-order valence-corrected chi connectivity index (χ1v) is 6.66. The summed E-state index contributed by atoms with van der Waals surface area (Å²) < 4.78 is 5.41. The third-order valence-corrected chi connectivity index (χ3v) is 3.64. The van der Waals surface area contributed by atoms with Gasteiger partial charge in [0.2, 0.25) is 0 Å². The van der Waals surface area contributed by atoms with Crippen molar-refractivity contribution in [2.75, 3.05) is 19.8 Å². The normalized spacial score (nSPS) is 22.6. The minimum atomic E-state index is -0.688. The predicted octanol–water partition coefficient (Wildman–Crippen LogP) is 2.13. The van der Waals surface area contributed by atoms with Crippen LogP contribution in [0.5, 0.6) is 0 Å². The van der Waals surface area contributed by atoms with Gasteiger partial charge in [-0.05, 0) is 19.8 Å². The molecule has 0 spiro atoms. The Hall–Kier alpha value is -0.610. The number of carboxylic acid groups (broad SMARTS) is 1. The van der Waals surface area contributed by atoms with E-state index in [9.17, 15) is 9.90 Å². The maximum atomic E-state index is 11.8. The zero-order chi connectivity index (χ0) is 12.9. The van der Waals surface area contributed by atoms with Crippen molar-refractivity contribution in [1.29, 1.82) is 0 Å². The number of carboxylic acids is 1. The summed E-state index contributed by atoms with van der Waals surface area (Å²) in [6.07, 6.45) is 3.24. The Morgan fingerprint density at radius 1 is 1.41 bits per heavy atom. The highest BCUT2D eigenvalue weighted by Gasteiger charge is 2.45. The van der Waals surface area contributed by atoms with Crippen molar-refractivity contribution in [3.05, 3.63) is 0 Å². The Morgan fingerprint density at radius 2 is 2.00 bits per heavy atom. The summed E-state index contributed by atoms with van der Waals surface area (Å²) in [5.41, 5.74) is -0.688. The lowest BCUT2D eigenvalue weighted by molar-refractivity contribution is -0.160. The van der Waals surface area contributed by atoms with Crippen LogP contribution in [0.4, 0.5) is 0 Å². The molecule has 1 unspecified atom stereocenters. The van der Waals surface area contributed by atoms with Crippen LogP contribution in [-0.2, 0) is 9.53 Å². The Kier molecular flexibility index (Phi) is 5.40. The van der Waals surface area contributed by atoms with Crippen molar-refractivity contribution >= 4 is 5.97 Å². The largest absolute Gasteiger partial charge is 0.480 e. The molecule has 4 heteroatoms. The first-order chi connectivity index (χ1) is 8.08. The second-order valence-electron chi connectivity index (χ2n) is 4.95. The molecule has 0 radical (unpaired) electrons. The zero-order valence-corrected chi connectivity index (χ0v) is 11.2. The van der Waals surface area contributed by atoms with Gasteiger partial charge in [-0.3, -0.25) is 9.69 Å². The van der Waals surface area contributed by atoms with Gasteiger partial charge in [0.05, 0.1) is 13.2 Å². The molecule has 1 aliphatic rings. The summed E-state index contributed by atoms with van der Waals surface area (Å²) in [5.74, 6) is -0.671. The van der Waals surface area contributed by atoms with E-state index in [-0.39, 0.29) is 6.04 Å². The summed E-state index contributed by atoms with van der Waals surface area (Å²) in [5, 5.41) is 9.67. The quantitative estimate of drug-likeness (QED) is 0.776. The lowest BCUT2D eigenvalue weighted by atomic mass is 9.85. The number of hydrogen-bond donors (Lipinski definition) is 1. The van der Waals surface area contributed by atoms with E-state index >= 15 is 0 Å². The molecule has 0 aliphatic carbocycles. The summed E-state index contributed by atoms with van der Waals surface area (Å²) in [7, 11) is 0. The number of aliphatic carboxylic acids is 1. The van der Waals surface area contributed by atoms with Gasteiger partial charge in [-0.2, -0.15) is 0 Å². The van der Waals surface area contributed by atoms with Gasteiger partial charge < -0.3 is 9.84 Å². The second-order valence-corrected chi connectivity index (χ2v) is 4.95. The van der Waals surface area contributed by atoms with Crippen molar-refractivity contribution in [2.24, 2.45) is 0 Å². The molecule has 1 N–H and O–H groups in total. The molecule has 0 amide bonds. The van der Waals surface area contributed by atoms with Gasteiger partial charge in [-0.25, -0.2) is 0 Å². The first kappa shape index (κ1) is 14.5. The fourth-order valence-corrected chi connectivity index (χ4v) is 2.94. The van der Waals surface area contributed by atoms with Crippen LogP contribution >= 0.6 is 0 Å². The van der Waals surface area contributed by atoms with Crippen molar-refractivity contribution in [1.82, 2.24) is 4.90 Å². The van der Waals surface area contributed by atoms with Gasteiger partial charge in [0.15, 0.2) is 0 Å². The average molecular weight is 243 g/mol. The monoisotopic (exact) mass is 243 g/mol. The summed E-state index contributed by atoms with van der Waals surface area (Å²) in [6, 6.07) is 0.193. The Balaban J connectivity index is 2.96. The van der Waals surface area contributed by atoms with Crippen LogP contribution in [0.1, 0.15) is 46.5 Å². The second kappa shape index (κ2) is 6.36. The molecule has 1 rings (SSSR count). The molecule has 0 aromatic heterocycles. The van der Waals surface area contributed by atoms with Gasteiger partial charge in [-0.1, -0.05) is 26.7 Å². The molecule has 1 atom stereocenters. The van der Waals surface area contributed by atoms with E-state index in [0.29, 0.717) is 13.2 Å². The van der Waals surface area contributed by atoms with Crippen LogP contribution < -0.4 is 0 Å². The SMILES string of the molecule is CCCC(CCC)(C(=O)O)N1CCOCC1C. The number of ether oxygens (including phenoxy) is 1. The molecule has 1 heterocycles. The number of hydrogen-bond acceptors (Lipinski definition) is 3. The molecule has 0 saturated carbocycles. The average Bonchev–Trinajstić information content (AvgIpc) is 2.29. The van der Waals surface area contributed by atoms with Crippen LogP contribution in [0.2, 0.25) is 0 Å². The summed E-state index contributed by atoms with van der Waals surface area (Å²) in [4.78, 5) is 13.9. The zero-order valence-electron chi connectivity index (χ0n) is 11.2. The smallest absolute Gasteiger partial charge is 0.324 e. The highest BCUT2D eigenvalue weighted by Crippen LogP contribution is 2.31. The van der Waals surface area contributed by atoms with Gasteiger partial charge in [0, 0.05) is 12.6 Å². The molecular formula is C13H25NO3. The van der Waals surface area contributed by atoms with Crippen LogP contribution in [0.3, 0.4) is 0 Å². The molecule has 1 aliphatic heterocycles. The molecule has 1 fully saturated rings. The van der Waals surface area contributed by atoms with E-state index in [1.165, 1.54) is 0 Å². The predicted molar refractivity (Wildman–Crippen MR) is 67.2 cm³/mol. The molecule has 4 nitrogen and oxygen atoms in total. The van der Waals surface area contributed by atoms with E-state index < -0.39 is 11.5 Å². The Labute approximate surface area is 104 Å². The highest BCUT2D eigenvalue weighted by atomic mass is 16.5. The van der Waals surface area contributed by atoms with E-state index in [2.05, 4.69) is 25.7 Å². The summed E-state index contributed by atoms with van der Waals surface area (Å²) in [6.45, 7) is 8.18. The molecule has 17 heavy (non-hydrogen) atoms. The Bertz CT molecular complexity index is 249. The van der Waals surface area contributed by atoms with E-state index in [1.54, 1.807) is 0 Å². The molecular weight excluding hydrogens is 218 g/mol. The number of rotatable bonds is 6. The van der Waals surface area contributed by atoms with Gasteiger partial charge in [0.1, 0.15) is 5.54 Å². The van der Waals surface area contributed by atoms with Crippen LogP contribution in [-0.4, -0.2) is 47.3 Å². The van der Waals surface area contributed by atoms with Crippen LogP contribution in [0.25, 0.3) is 0 Å². The highest BCUT2D eigenvalue weighted by molar-refractivity contribution is 5.78. The van der Waals surface area contributed by atoms with Crippen LogP contribution in [0, 0.1) is 0 Å². The molecule has 100 valence electrons. The molecule has 0 aromatic carbocycles. The Morgan fingerprint density at radius 3 is 2.41 bits per heavy atom. The van der Waals surface area contributed by atoms with Gasteiger partial charge in [-0.15, -0.1) is 0 Å². The minimum Gasteiger partial charge on any atom is -0.480 e. The van der Waals surface area contributed by atoms with Crippen molar-refractivity contribution in [3.8, 4) is 0 Å². The van der Waals surface area contributed by atoms with Crippen LogP contribution in [0.15, 0.2) is 0 Å². The molecule has 0 aromatic rings. The van der Waals surface area contributed by atoms with E-state index in [4.69, 9.17) is 4.74 Å². The lowest BCUT2D eigenvalue weighted by Crippen LogP contribution is -2.61. The number of nitrogens with zero attached hydrogens (tertiary/aromatic N) is 1. The maximum absolute atomic E-state index is 11.8. The van der Waals surface area contributed by atoms with Gasteiger partial charge in [0.25, 0.3) is 0 Å². The van der Waals surface area contributed by atoms with E-state index in [1.807, 2.05) is 0 Å². The minimum absolute atomic E-state index is 0.193. The summed E-state index contributed by atoms with van der Waals surface area (Å²) >= 11 is 0. The standard InChI is InChI=1S/C13H25NO3/c1-4-6-13(7-5-2,12(15)16)14-8-9-17-10-11(14)3/h11H,4-10H2,1-3H3,(H,15,16). The molecule has 0 bridgehead atoms. The topological polar surface area (TPSA) is 49.8 Å². The van der Waals surface area contributed by atoms with Crippen molar-refractivity contribution < 1.29 is 14.6 Å². The van der Waals surface area contributed by atoms with E-state index in [0.717, 1.165) is 32.2 Å². The fraction of sp³-hybridized carbons (Fsp3) is 0.923. The van der Waals surface area contributed by atoms with Crippen molar-refractivity contribution in [2.45, 2.75) is 58.0 Å². The third-order valence-electron chi connectivity index (χ3n) is 3.64. The maximum Gasteiger partial charge on any atom is 0.324 e.